The lowest BCUT2D eigenvalue weighted by molar-refractivity contribution is 0.570. The molecular weight excluding hydrogens is 217 g/mol. The lowest BCUT2D eigenvalue weighted by Gasteiger charge is -2.15. The summed E-state index contributed by atoms with van der Waals surface area (Å²) in [4.78, 5) is 4.32. The van der Waals surface area contributed by atoms with Crippen LogP contribution in [0.25, 0.3) is 11.0 Å². The van der Waals surface area contributed by atoms with Crippen LogP contribution in [-0.2, 0) is 5.41 Å². The minimum Gasteiger partial charge on any atom is -0.261 e. The van der Waals surface area contributed by atoms with Gasteiger partial charge in [0, 0.05) is 10.8 Å². The van der Waals surface area contributed by atoms with Crippen molar-refractivity contribution in [1.29, 1.82) is 0 Å². The number of pyridine rings is 1. The highest BCUT2D eigenvalue weighted by atomic mass is 19.1. The quantitative estimate of drug-likeness (QED) is 0.821. The average molecular weight is 235 g/mol. The van der Waals surface area contributed by atoms with E-state index in [0.29, 0.717) is 11.3 Å². The van der Waals surface area contributed by atoms with Gasteiger partial charge in [0.15, 0.2) is 5.65 Å². The summed E-state index contributed by atoms with van der Waals surface area (Å²) in [7, 11) is 0. The first-order valence-electron chi connectivity index (χ1n) is 5.85. The van der Waals surface area contributed by atoms with Crippen LogP contribution >= 0.6 is 0 Å². The normalized spacial score (nSPS) is 12.6. The van der Waals surface area contributed by atoms with Gasteiger partial charge in [-0.3, -0.25) is 5.10 Å². The number of nitrogens with one attached hydrogen (secondary N) is 1. The lowest BCUT2D eigenvalue weighted by atomic mass is 9.90. The predicted molar refractivity (Wildman–Crippen MR) is 66.6 cm³/mol. The number of hydrogen-bond donors (Lipinski definition) is 1. The number of aromatic amines is 1. The number of aromatic nitrogens is 3. The van der Waals surface area contributed by atoms with E-state index in [2.05, 4.69) is 36.0 Å². The molecule has 2 heterocycles. The summed E-state index contributed by atoms with van der Waals surface area (Å²) >= 11 is 0. The summed E-state index contributed by atoms with van der Waals surface area (Å²) in [5.74, 6) is -0.180. The third kappa shape index (κ3) is 2.04. The minimum atomic E-state index is -0.251. The molecule has 2 aromatic heterocycles. The fraction of sp³-hybridized carbons (Fsp3) is 0.538. The standard InChI is InChI=1S/C13H18FN3/c1-7(2)10-9(14)6-8-11(13(3,4)5)16-17-12(8)15-10/h6-7H,1-5H3,(H,15,16,17). The van der Waals surface area contributed by atoms with Crippen molar-refractivity contribution in [2.45, 2.75) is 46.0 Å². The summed E-state index contributed by atoms with van der Waals surface area (Å²) < 4.78 is 13.9. The minimum absolute atomic E-state index is 0.0702. The molecule has 0 atom stereocenters. The Hall–Kier alpha value is -1.45. The number of hydrogen-bond acceptors (Lipinski definition) is 2. The maximum Gasteiger partial charge on any atom is 0.155 e. The van der Waals surface area contributed by atoms with Crippen LogP contribution in [-0.4, -0.2) is 15.2 Å². The molecule has 0 aromatic carbocycles. The largest absolute Gasteiger partial charge is 0.261 e. The van der Waals surface area contributed by atoms with E-state index in [9.17, 15) is 4.39 Å². The highest BCUT2D eigenvalue weighted by Crippen LogP contribution is 2.29. The van der Waals surface area contributed by atoms with Gasteiger partial charge < -0.3 is 0 Å². The third-order valence-electron chi connectivity index (χ3n) is 2.79. The van der Waals surface area contributed by atoms with Crippen LogP contribution in [0.5, 0.6) is 0 Å². The van der Waals surface area contributed by atoms with E-state index in [-0.39, 0.29) is 17.2 Å². The molecule has 0 radical (unpaired) electrons. The van der Waals surface area contributed by atoms with Crippen molar-refractivity contribution in [1.82, 2.24) is 15.2 Å². The van der Waals surface area contributed by atoms with Crippen LogP contribution in [0, 0.1) is 5.82 Å². The Morgan fingerprint density at radius 3 is 2.47 bits per heavy atom. The molecule has 1 N–H and O–H groups in total. The molecule has 4 heteroatoms. The first kappa shape index (κ1) is 12.0. The first-order valence-corrected chi connectivity index (χ1v) is 5.85. The Bertz CT molecular complexity index is 550. The topological polar surface area (TPSA) is 41.6 Å². The first-order chi connectivity index (χ1) is 7.80. The summed E-state index contributed by atoms with van der Waals surface area (Å²) in [5, 5.41) is 7.92. The van der Waals surface area contributed by atoms with Gasteiger partial charge in [-0.2, -0.15) is 5.10 Å². The van der Waals surface area contributed by atoms with Crippen molar-refractivity contribution in [3.63, 3.8) is 0 Å². The number of H-pyrrole nitrogens is 1. The monoisotopic (exact) mass is 235 g/mol. The van der Waals surface area contributed by atoms with E-state index in [4.69, 9.17) is 0 Å². The number of halogens is 1. The van der Waals surface area contributed by atoms with E-state index in [1.807, 2.05) is 13.8 Å². The zero-order valence-electron chi connectivity index (χ0n) is 10.9. The Morgan fingerprint density at radius 1 is 1.29 bits per heavy atom. The molecule has 0 aliphatic carbocycles. The maximum atomic E-state index is 13.9. The van der Waals surface area contributed by atoms with Gasteiger partial charge in [0.05, 0.1) is 11.4 Å². The van der Waals surface area contributed by atoms with Crippen molar-refractivity contribution in [2.24, 2.45) is 0 Å². The molecular formula is C13H18FN3. The second kappa shape index (κ2) is 3.79. The van der Waals surface area contributed by atoms with Crippen LogP contribution in [0.3, 0.4) is 0 Å². The van der Waals surface area contributed by atoms with E-state index >= 15 is 0 Å². The molecule has 92 valence electrons. The van der Waals surface area contributed by atoms with Crippen molar-refractivity contribution >= 4 is 11.0 Å². The zero-order valence-corrected chi connectivity index (χ0v) is 10.9. The molecule has 17 heavy (non-hydrogen) atoms. The van der Waals surface area contributed by atoms with E-state index < -0.39 is 0 Å². The number of rotatable bonds is 1. The Labute approximate surface area is 100 Å². The summed E-state index contributed by atoms with van der Waals surface area (Å²) in [6.07, 6.45) is 0. The van der Waals surface area contributed by atoms with Crippen LogP contribution in [0.1, 0.15) is 51.9 Å². The summed E-state index contributed by atoms with van der Waals surface area (Å²) in [6, 6.07) is 1.54. The van der Waals surface area contributed by atoms with Gasteiger partial charge >= 0.3 is 0 Å². The van der Waals surface area contributed by atoms with Crippen LogP contribution in [0.4, 0.5) is 4.39 Å². The van der Waals surface area contributed by atoms with E-state index in [1.54, 1.807) is 6.07 Å². The fourth-order valence-electron chi connectivity index (χ4n) is 1.91. The molecule has 2 rings (SSSR count). The van der Waals surface area contributed by atoms with Crippen LogP contribution < -0.4 is 0 Å². The van der Waals surface area contributed by atoms with E-state index in [0.717, 1.165) is 11.1 Å². The Balaban J connectivity index is 2.69. The smallest absolute Gasteiger partial charge is 0.155 e. The molecule has 0 amide bonds. The highest BCUT2D eigenvalue weighted by Gasteiger charge is 2.22. The molecule has 3 nitrogen and oxygen atoms in total. The Morgan fingerprint density at radius 2 is 1.94 bits per heavy atom. The zero-order chi connectivity index (χ0) is 12.8. The van der Waals surface area contributed by atoms with Crippen molar-refractivity contribution in [3.8, 4) is 0 Å². The number of fused-ring (bicyclic) bond motifs is 1. The lowest BCUT2D eigenvalue weighted by Crippen LogP contribution is -2.12. The predicted octanol–water partition coefficient (Wildman–Crippen LogP) is 3.52. The second-order valence-corrected chi connectivity index (χ2v) is 5.73. The Kier molecular flexibility index (Phi) is 2.68. The molecule has 0 aliphatic rings. The summed E-state index contributed by atoms with van der Waals surface area (Å²) in [5.41, 5.74) is 1.89. The average Bonchev–Trinajstić information content (AvgIpc) is 2.57. The van der Waals surface area contributed by atoms with Gasteiger partial charge in [-0.15, -0.1) is 0 Å². The van der Waals surface area contributed by atoms with Crippen LogP contribution in [0.15, 0.2) is 6.07 Å². The molecule has 0 fully saturated rings. The fourth-order valence-corrected chi connectivity index (χ4v) is 1.91. The second-order valence-electron chi connectivity index (χ2n) is 5.73. The van der Waals surface area contributed by atoms with Gasteiger partial charge in [-0.25, -0.2) is 9.37 Å². The van der Waals surface area contributed by atoms with Gasteiger partial charge in [-0.1, -0.05) is 34.6 Å². The third-order valence-corrected chi connectivity index (χ3v) is 2.79. The molecule has 0 saturated heterocycles. The van der Waals surface area contributed by atoms with Gasteiger partial charge in [0.1, 0.15) is 5.82 Å². The molecule has 0 unspecified atom stereocenters. The molecule has 0 aliphatic heterocycles. The van der Waals surface area contributed by atoms with Gasteiger partial charge in [0.25, 0.3) is 0 Å². The van der Waals surface area contributed by atoms with Gasteiger partial charge in [-0.05, 0) is 12.0 Å². The molecule has 2 aromatic rings. The van der Waals surface area contributed by atoms with E-state index in [1.165, 1.54) is 0 Å². The molecule has 0 saturated carbocycles. The molecule has 0 bridgehead atoms. The van der Waals surface area contributed by atoms with Gasteiger partial charge in [0.2, 0.25) is 0 Å². The SMILES string of the molecule is CC(C)c1nc2[nH]nc(C(C)(C)C)c2cc1F. The van der Waals surface area contributed by atoms with Crippen molar-refractivity contribution in [3.05, 3.63) is 23.3 Å². The van der Waals surface area contributed by atoms with Crippen molar-refractivity contribution in [2.75, 3.05) is 0 Å². The van der Waals surface area contributed by atoms with Crippen LogP contribution in [0.2, 0.25) is 0 Å². The maximum absolute atomic E-state index is 13.9. The summed E-state index contributed by atoms with van der Waals surface area (Å²) in [6.45, 7) is 10.0. The highest BCUT2D eigenvalue weighted by molar-refractivity contribution is 5.79. The molecule has 0 spiro atoms. The van der Waals surface area contributed by atoms with Crippen molar-refractivity contribution < 1.29 is 4.39 Å². The number of nitrogens with zero attached hydrogens (tertiary/aromatic N) is 2.